The van der Waals surface area contributed by atoms with E-state index in [-0.39, 0.29) is 25.7 Å². The second-order valence-electron chi connectivity index (χ2n) is 28.9. The van der Waals surface area contributed by atoms with Gasteiger partial charge >= 0.3 is 39.5 Å². The summed E-state index contributed by atoms with van der Waals surface area (Å²) in [5.41, 5.74) is 0. The van der Waals surface area contributed by atoms with Gasteiger partial charge in [-0.05, 0) is 31.6 Å². The number of carbonyl (C=O) groups excluding carboxylic acids is 4. The number of phosphoric acid groups is 2. The Morgan fingerprint density at radius 3 is 0.694 bits per heavy atom. The zero-order valence-electron chi connectivity index (χ0n) is 63.9. The molecule has 0 aliphatic rings. The molecule has 0 amide bonds. The summed E-state index contributed by atoms with van der Waals surface area (Å²) in [5, 5.41) is 10.6. The van der Waals surface area contributed by atoms with Gasteiger partial charge in [0, 0.05) is 25.7 Å². The van der Waals surface area contributed by atoms with Gasteiger partial charge in [0.1, 0.15) is 19.3 Å². The Balaban J connectivity index is 5.24. The van der Waals surface area contributed by atoms with Crippen molar-refractivity contribution in [2.75, 3.05) is 39.6 Å². The van der Waals surface area contributed by atoms with Gasteiger partial charge in [0.2, 0.25) is 0 Å². The highest BCUT2D eigenvalue weighted by Gasteiger charge is 2.30. The SMILES string of the molecule is CCCCCCCCCCCCCCCCCCCCCC(=O)O[C@H](COC(=O)CCCCCCCCCCCCCCC(C)C)COP(=O)(O)OC[C@@H](O)COP(=O)(O)OC[C@@H](COC(=O)CCCCCCCCCCCCCC)OC(=O)CCCCCCCCCCCCCC. The molecule has 19 heteroatoms. The maximum Gasteiger partial charge on any atom is 0.472 e. The van der Waals surface area contributed by atoms with E-state index in [0.29, 0.717) is 25.7 Å². The minimum absolute atomic E-state index is 0.108. The summed E-state index contributed by atoms with van der Waals surface area (Å²) in [5.74, 6) is -1.32. The lowest BCUT2D eigenvalue weighted by atomic mass is 10.0. The molecule has 0 fully saturated rings. The largest absolute Gasteiger partial charge is 0.472 e. The number of carbonyl (C=O) groups is 4. The number of phosphoric ester groups is 2. The molecule has 0 spiro atoms. The van der Waals surface area contributed by atoms with Gasteiger partial charge in [-0.25, -0.2) is 9.13 Å². The molecule has 0 aromatic rings. The van der Waals surface area contributed by atoms with Crippen LogP contribution in [0.25, 0.3) is 0 Å². The average Bonchev–Trinajstić information content (AvgIpc) is 1.48. The number of unbranched alkanes of at least 4 members (excludes halogenated alkanes) is 51. The first-order valence-electron chi connectivity index (χ1n) is 41.1. The maximum atomic E-state index is 13.1. The monoisotopic (exact) mass is 1440 g/mol. The lowest BCUT2D eigenvalue weighted by Gasteiger charge is -2.21. The normalized spacial score (nSPS) is 13.9. The summed E-state index contributed by atoms with van der Waals surface area (Å²) in [6.07, 6.45) is 62.3. The Morgan fingerprint density at radius 2 is 0.469 bits per heavy atom. The topological polar surface area (TPSA) is 237 Å². The molecule has 0 radical (unpaired) electrons. The zero-order chi connectivity index (χ0) is 71.9. The Bertz CT molecular complexity index is 1870. The Labute approximate surface area is 600 Å². The molecule has 0 aromatic carbocycles. The van der Waals surface area contributed by atoms with E-state index in [2.05, 4.69) is 34.6 Å². The van der Waals surface area contributed by atoms with E-state index in [0.717, 1.165) is 95.8 Å². The van der Waals surface area contributed by atoms with Crippen molar-refractivity contribution >= 4 is 39.5 Å². The molecule has 0 aliphatic heterocycles. The summed E-state index contributed by atoms with van der Waals surface area (Å²) >= 11 is 0. The van der Waals surface area contributed by atoms with Crippen LogP contribution in [0.1, 0.15) is 420 Å². The molecule has 0 bridgehead atoms. The Hall–Kier alpha value is -1.94. The fourth-order valence-electron chi connectivity index (χ4n) is 12.2. The van der Waals surface area contributed by atoms with Crippen molar-refractivity contribution in [1.29, 1.82) is 0 Å². The van der Waals surface area contributed by atoms with Gasteiger partial charge in [0.15, 0.2) is 12.2 Å². The van der Waals surface area contributed by atoms with E-state index >= 15 is 0 Å². The predicted molar refractivity (Wildman–Crippen MR) is 400 cm³/mol. The highest BCUT2D eigenvalue weighted by Crippen LogP contribution is 2.45. The lowest BCUT2D eigenvalue weighted by Crippen LogP contribution is -2.30. The van der Waals surface area contributed by atoms with Crippen LogP contribution in [0.2, 0.25) is 0 Å². The average molecular weight is 1440 g/mol. The number of esters is 4. The van der Waals surface area contributed by atoms with Gasteiger partial charge in [-0.1, -0.05) is 369 Å². The molecule has 0 saturated carbocycles. The molecular weight excluding hydrogens is 1280 g/mol. The van der Waals surface area contributed by atoms with Gasteiger partial charge in [0.25, 0.3) is 0 Å². The van der Waals surface area contributed by atoms with Crippen molar-refractivity contribution in [1.82, 2.24) is 0 Å². The standard InChI is InChI=1S/C79H154O17P2/c1-6-9-12-15-18-21-24-27-28-29-30-31-32-33-40-45-50-55-60-65-79(84)96-75(69-90-77(82)63-58-53-48-43-39-35-34-36-41-46-51-56-61-72(4)5)71-94-98(87,88)92-67-73(80)66-91-97(85,86)93-70-74(95-78(83)64-59-54-49-44-38-26-23-20-17-14-11-8-3)68-89-76(81)62-57-52-47-42-37-25-22-19-16-13-10-7-2/h72-75,80H,6-71H2,1-5H3,(H,85,86)(H,87,88)/t73-,74+,75+/m0/s1. The van der Waals surface area contributed by atoms with Crippen molar-refractivity contribution in [2.45, 2.75) is 438 Å². The zero-order valence-corrected chi connectivity index (χ0v) is 65.7. The molecule has 0 saturated heterocycles. The maximum absolute atomic E-state index is 13.1. The van der Waals surface area contributed by atoms with E-state index in [1.54, 1.807) is 0 Å². The molecule has 0 aliphatic carbocycles. The van der Waals surface area contributed by atoms with E-state index in [1.165, 1.54) is 244 Å². The predicted octanol–water partition coefficient (Wildman–Crippen LogP) is 23.6. The van der Waals surface area contributed by atoms with Crippen molar-refractivity contribution in [3.8, 4) is 0 Å². The minimum atomic E-state index is -4.96. The van der Waals surface area contributed by atoms with Gasteiger partial charge in [-0.2, -0.15) is 0 Å². The molecule has 98 heavy (non-hydrogen) atoms. The smallest absolute Gasteiger partial charge is 0.462 e. The summed E-state index contributed by atoms with van der Waals surface area (Å²) in [6, 6.07) is 0. The number of hydrogen-bond donors (Lipinski definition) is 3. The van der Waals surface area contributed by atoms with Crippen molar-refractivity contribution < 1.29 is 80.2 Å². The molecule has 582 valence electrons. The van der Waals surface area contributed by atoms with E-state index in [4.69, 9.17) is 37.0 Å². The third kappa shape index (κ3) is 72.4. The van der Waals surface area contributed by atoms with Gasteiger partial charge < -0.3 is 33.8 Å². The highest BCUT2D eigenvalue weighted by atomic mass is 31.2. The third-order valence-corrected chi connectivity index (χ3v) is 20.4. The number of aliphatic hydroxyl groups excluding tert-OH is 1. The second-order valence-corrected chi connectivity index (χ2v) is 31.8. The first-order chi connectivity index (χ1) is 47.5. The van der Waals surface area contributed by atoms with Crippen LogP contribution in [-0.4, -0.2) is 96.7 Å². The van der Waals surface area contributed by atoms with E-state index in [1.807, 2.05) is 0 Å². The van der Waals surface area contributed by atoms with Crippen molar-refractivity contribution in [3.63, 3.8) is 0 Å². The van der Waals surface area contributed by atoms with Crippen LogP contribution in [-0.2, 0) is 65.4 Å². The fraction of sp³-hybridized carbons (Fsp3) is 0.949. The Kier molecular flexibility index (Phi) is 70.6. The molecular formula is C79H154O17P2. The third-order valence-electron chi connectivity index (χ3n) is 18.5. The number of aliphatic hydroxyl groups is 1. The van der Waals surface area contributed by atoms with Crippen LogP contribution in [0, 0.1) is 5.92 Å². The van der Waals surface area contributed by atoms with Crippen LogP contribution < -0.4 is 0 Å². The highest BCUT2D eigenvalue weighted by molar-refractivity contribution is 7.47. The summed E-state index contributed by atoms with van der Waals surface area (Å²) in [4.78, 5) is 72.9. The number of hydrogen-bond acceptors (Lipinski definition) is 15. The van der Waals surface area contributed by atoms with Gasteiger partial charge in [0.05, 0.1) is 26.4 Å². The van der Waals surface area contributed by atoms with Crippen LogP contribution in [0.5, 0.6) is 0 Å². The van der Waals surface area contributed by atoms with E-state index in [9.17, 15) is 43.2 Å². The summed E-state index contributed by atoms with van der Waals surface area (Å²) < 4.78 is 68.7. The Morgan fingerprint density at radius 1 is 0.276 bits per heavy atom. The molecule has 2 unspecified atom stereocenters. The first-order valence-corrected chi connectivity index (χ1v) is 44.1. The van der Waals surface area contributed by atoms with Crippen molar-refractivity contribution in [3.05, 3.63) is 0 Å². The molecule has 3 N–H and O–H groups in total. The summed E-state index contributed by atoms with van der Waals surface area (Å²) in [6.45, 7) is 7.33. The first kappa shape index (κ1) is 96.1. The van der Waals surface area contributed by atoms with Crippen molar-refractivity contribution in [2.24, 2.45) is 5.92 Å². The molecule has 0 rings (SSSR count). The quantitative estimate of drug-likeness (QED) is 0.0222. The van der Waals surface area contributed by atoms with Crippen LogP contribution in [0.15, 0.2) is 0 Å². The molecule has 5 atom stereocenters. The van der Waals surface area contributed by atoms with Gasteiger partial charge in [-0.15, -0.1) is 0 Å². The number of ether oxygens (including phenoxy) is 4. The summed E-state index contributed by atoms with van der Waals surface area (Å²) in [7, 11) is -9.91. The minimum Gasteiger partial charge on any atom is -0.462 e. The fourth-order valence-corrected chi connectivity index (χ4v) is 13.8. The number of rotatable bonds is 79. The van der Waals surface area contributed by atoms with Crippen LogP contribution >= 0.6 is 15.6 Å². The van der Waals surface area contributed by atoms with Gasteiger partial charge in [-0.3, -0.25) is 37.3 Å². The molecule has 0 heterocycles. The van der Waals surface area contributed by atoms with Crippen LogP contribution in [0.3, 0.4) is 0 Å². The van der Waals surface area contributed by atoms with Crippen LogP contribution in [0.4, 0.5) is 0 Å². The second kappa shape index (κ2) is 72.0. The lowest BCUT2D eigenvalue weighted by molar-refractivity contribution is -0.161. The molecule has 0 aromatic heterocycles. The molecule has 17 nitrogen and oxygen atoms in total. The van der Waals surface area contributed by atoms with E-state index < -0.39 is 97.5 Å².